The number of hydrogen-bond acceptors (Lipinski definition) is 3. The van der Waals surface area contributed by atoms with Crippen molar-refractivity contribution in [3.8, 4) is 11.5 Å². The molecule has 0 spiro atoms. The van der Waals surface area contributed by atoms with Gasteiger partial charge >= 0.3 is 0 Å². The predicted octanol–water partition coefficient (Wildman–Crippen LogP) is 1.90. The minimum Gasteiger partial charge on any atom is -0.508 e. The Labute approximate surface area is 83.2 Å². The fraction of sp³-hybridized carbons (Fsp3) is 0.455. The number of phenols is 2. The van der Waals surface area contributed by atoms with Crippen molar-refractivity contribution in [3.63, 3.8) is 0 Å². The monoisotopic (exact) mass is 193 g/mol. The van der Waals surface area contributed by atoms with Crippen LogP contribution < -0.4 is 5.73 Å². The average molecular weight is 193 g/mol. The molecule has 0 saturated heterocycles. The highest BCUT2D eigenvalue weighted by Gasteiger charge is 2.25. The van der Waals surface area contributed by atoms with E-state index in [0.29, 0.717) is 0 Å². The topological polar surface area (TPSA) is 66.5 Å². The first-order valence-corrected chi connectivity index (χ1v) is 4.94. The van der Waals surface area contributed by atoms with Crippen molar-refractivity contribution < 1.29 is 10.2 Å². The average Bonchev–Trinajstić information content (AvgIpc) is 2.87. The van der Waals surface area contributed by atoms with Crippen LogP contribution in [0.1, 0.15) is 30.9 Å². The van der Waals surface area contributed by atoms with Crippen molar-refractivity contribution in [1.29, 1.82) is 0 Å². The smallest absolute Gasteiger partial charge is 0.124 e. The SMILES string of the molecule is N[C@@H](CC1CC1)c1ccc(O)cc1O. The fourth-order valence-corrected chi connectivity index (χ4v) is 1.69. The van der Waals surface area contributed by atoms with E-state index in [1.165, 1.54) is 18.9 Å². The second-order valence-electron chi connectivity index (χ2n) is 4.03. The molecule has 1 aromatic rings. The molecular weight excluding hydrogens is 178 g/mol. The van der Waals surface area contributed by atoms with Crippen LogP contribution in [0.2, 0.25) is 0 Å². The molecule has 3 nitrogen and oxygen atoms in total. The Balaban J connectivity index is 2.13. The minimum absolute atomic E-state index is 0.0740. The zero-order valence-electron chi connectivity index (χ0n) is 7.98. The third kappa shape index (κ3) is 1.99. The van der Waals surface area contributed by atoms with Crippen molar-refractivity contribution in [3.05, 3.63) is 23.8 Å². The molecule has 14 heavy (non-hydrogen) atoms. The van der Waals surface area contributed by atoms with Gasteiger partial charge in [0, 0.05) is 17.7 Å². The molecular formula is C11H15NO2. The fourth-order valence-electron chi connectivity index (χ4n) is 1.69. The third-order valence-corrected chi connectivity index (χ3v) is 2.70. The highest BCUT2D eigenvalue weighted by atomic mass is 16.3. The molecule has 0 aliphatic heterocycles. The molecule has 0 unspecified atom stereocenters. The van der Waals surface area contributed by atoms with Gasteiger partial charge in [-0.05, 0) is 18.4 Å². The van der Waals surface area contributed by atoms with E-state index in [9.17, 15) is 5.11 Å². The third-order valence-electron chi connectivity index (χ3n) is 2.70. The van der Waals surface area contributed by atoms with Gasteiger partial charge in [0.1, 0.15) is 11.5 Å². The van der Waals surface area contributed by atoms with E-state index in [1.807, 2.05) is 0 Å². The first-order chi connectivity index (χ1) is 6.66. The van der Waals surface area contributed by atoms with Gasteiger partial charge in [-0.2, -0.15) is 0 Å². The summed E-state index contributed by atoms with van der Waals surface area (Å²) in [6.07, 6.45) is 3.44. The van der Waals surface area contributed by atoms with Gasteiger partial charge in [-0.25, -0.2) is 0 Å². The van der Waals surface area contributed by atoms with Gasteiger partial charge in [0.15, 0.2) is 0 Å². The van der Waals surface area contributed by atoms with Crippen LogP contribution in [-0.4, -0.2) is 10.2 Å². The Morgan fingerprint density at radius 1 is 1.36 bits per heavy atom. The minimum atomic E-state index is -0.108. The van der Waals surface area contributed by atoms with Crippen LogP contribution in [0.15, 0.2) is 18.2 Å². The number of aromatic hydroxyl groups is 2. The van der Waals surface area contributed by atoms with Crippen LogP contribution in [0, 0.1) is 5.92 Å². The summed E-state index contributed by atoms with van der Waals surface area (Å²) in [5.41, 5.74) is 6.68. The van der Waals surface area contributed by atoms with Crippen molar-refractivity contribution in [1.82, 2.24) is 0 Å². The summed E-state index contributed by atoms with van der Waals surface area (Å²) in [7, 11) is 0. The van der Waals surface area contributed by atoms with E-state index in [-0.39, 0.29) is 17.5 Å². The Bertz CT molecular complexity index is 334. The van der Waals surface area contributed by atoms with Gasteiger partial charge in [-0.3, -0.25) is 0 Å². The molecule has 0 bridgehead atoms. The largest absolute Gasteiger partial charge is 0.508 e. The van der Waals surface area contributed by atoms with Crippen molar-refractivity contribution in [2.75, 3.05) is 0 Å². The predicted molar refractivity (Wildman–Crippen MR) is 54.0 cm³/mol. The summed E-state index contributed by atoms with van der Waals surface area (Å²) >= 11 is 0. The summed E-state index contributed by atoms with van der Waals surface area (Å²) in [6, 6.07) is 4.48. The summed E-state index contributed by atoms with van der Waals surface area (Å²) in [4.78, 5) is 0. The van der Waals surface area contributed by atoms with Crippen molar-refractivity contribution in [2.24, 2.45) is 11.7 Å². The lowest BCUT2D eigenvalue weighted by molar-refractivity contribution is 0.438. The van der Waals surface area contributed by atoms with Crippen LogP contribution in [0.5, 0.6) is 11.5 Å². The van der Waals surface area contributed by atoms with Gasteiger partial charge in [0.25, 0.3) is 0 Å². The highest BCUT2D eigenvalue weighted by molar-refractivity contribution is 5.40. The highest BCUT2D eigenvalue weighted by Crippen LogP contribution is 2.38. The van der Waals surface area contributed by atoms with Gasteiger partial charge < -0.3 is 15.9 Å². The Morgan fingerprint density at radius 3 is 2.64 bits per heavy atom. The summed E-state index contributed by atoms with van der Waals surface area (Å²) < 4.78 is 0. The van der Waals surface area contributed by atoms with E-state index in [0.717, 1.165) is 17.9 Å². The second kappa shape index (κ2) is 3.50. The molecule has 1 aromatic carbocycles. The van der Waals surface area contributed by atoms with E-state index in [1.54, 1.807) is 12.1 Å². The van der Waals surface area contributed by atoms with Crippen molar-refractivity contribution in [2.45, 2.75) is 25.3 Å². The van der Waals surface area contributed by atoms with E-state index < -0.39 is 0 Å². The number of nitrogens with two attached hydrogens (primary N) is 1. The van der Waals surface area contributed by atoms with Gasteiger partial charge in [0.2, 0.25) is 0 Å². The normalized spacial score (nSPS) is 18.1. The molecule has 0 aromatic heterocycles. The maximum atomic E-state index is 9.56. The van der Waals surface area contributed by atoms with Crippen LogP contribution in [0.4, 0.5) is 0 Å². The van der Waals surface area contributed by atoms with Crippen LogP contribution in [0.3, 0.4) is 0 Å². The lowest BCUT2D eigenvalue weighted by Gasteiger charge is -2.13. The number of phenolic OH excluding ortho intramolecular Hbond substituents is 2. The summed E-state index contributed by atoms with van der Waals surface area (Å²) in [5.74, 6) is 0.904. The first kappa shape index (κ1) is 9.34. The Kier molecular flexibility index (Phi) is 2.33. The second-order valence-corrected chi connectivity index (χ2v) is 4.03. The van der Waals surface area contributed by atoms with E-state index in [2.05, 4.69) is 0 Å². The summed E-state index contributed by atoms with van der Waals surface area (Å²) in [6.45, 7) is 0. The molecule has 3 heteroatoms. The molecule has 76 valence electrons. The Morgan fingerprint density at radius 2 is 2.07 bits per heavy atom. The lowest BCUT2D eigenvalue weighted by atomic mass is 10.0. The zero-order chi connectivity index (χ0) is 10.1. The standard InChI is InChI=1S/C11H15NO2/c12-10(5-7-1-2-7)9-4-3-8(13)6-11(9)14/h3-4,6-7,10,13-14H,1-2,5,12H2/t10-/m0/s1. The molecule has 0 radical (unpaired) electrons. The van der Waals surface area contributed by atoms with Crippen LogP contribution >= 0.6 is 0 Å². The maximum absolute atomic E-state index is 9.56. The van der Waals surface area contributed by atoms with Crippen molar-refractivity contribution >= 4 is 0 Å². The van der Waals surface area contributed by atoms with Gasteiger partial charge in [0.05, 0.1) is 0 Å². The van der Waals surface area contributed by atoms with Gasteiger partial charge in [-0.1, -0.05) is 18.9 Å². The summed E-state index contributed by atoms with van der Waals surface area (Å²) in [5, 5.41) is 18.7. The molecule has 1 atom stereocenters. The number of rotatable bonds is 3. The molecule has 4 N–H and O–H groups in total. The molecule has 1 fully saturated rings. The first-order valence-electron chi connectivity index (χ1n) is 4.94. The number of hydrogen-bond donors (Lipinski definition) is 3. The zero-order valence-corrected chi connectivity index (χ0v) is 7.98. The number of benzene rings is 1. The molecule has 0 amide bonds. The molecule has 1 aliphatic rings. The lowest BCUT2D eigenvalue weighted by Crippen LogP contribution is -2.10. The molecule has 1 saturated carbocycles. The van der Waals surface area contributed by atoms with E-state index in [4.69, 9.17) is 10.8 Å². The molecule has 0 heterocycles. The van der Waals surface area contributed by atoms with Gasteiger partial charge in [-0.15, -0.1) is 0 Å². The van der Waals surface area contributed by atoms with E-state index >= 15 is 0 Å². The maximum Gasteiger partial charge on any atom is 0.124 e. The molecule has 1 aliphatic carbocycles. The van der Waals surface area contributed by atoms with Crippen LogP contribution in [-0.2, 0) is 0 Å². The quantitative estimate of drug-likeness (QED) is 0.686. The Hall–Kier alpha value is -1.22. The van der Waals surface area contributed by atoms with Crippen LogP contribution in [0.25, 0.3) is 0 Å². The molecule has 2 rings (SSSR count).